The topological polar surface area (TPSA) is 87.5 Å². The number of ether oxygens (including phenoxy) is 3. The van der Waals surface area contributed by atoms with E-state index in [1.165, 1.54) is 14.2 Å². The number of hydrogen-bond acceptors (Lipinski definition) is 7. The Morgan fingerprint density at radius 3 is 2.67 bits per heavy atom. The van der Waals surface area contributed by atoms with Gasteiger partial charge in [-0.1, -0.05) is 23.4 Å². The van der Waals surface area contributed by atoms with Crippen molar-refractivity contribution in [1.82, 2.24) is 14.5 Å². The number of aromatic nitrogens is 3. The highest BCUT2D eigenvalue weighted by atomic mass is 35.5. The van der Waals surface area contributed by atoms with Crippen LogP contribution in [0.2, 0.25) is 5.02 Å². The molecule has 0 fully saturated rings. The van der Waals surface area contributed by atoms with Gasteiger partial charge in [0, 0.05) is 36.3 Å². The van der Waals surface area contributed by atoms with Gasteiger partial charge in [0.25, 0.3) is 5.91 Å². The molecule has 0 aliphatic carbocycles. The van der Waals surface area contributed by atoms with Crippen LogP contribution in [-0.2, 0) is 17.6 Å². The summed E-state index contributed by atoms with van der Waals surface area (Å²) in [6.45, 7) is -0.220. The molecule has 0 aliphatic rings. The number of thioether (sulfide) groups is 1. The van der Waals surface area contributed by atoms with Crippen molar-refractivity contribution in [2.45, 2.75) is 10.9 Å². The van der Waals surface area contributed by atoms with Crippen molar-refractivity contribution in [3.05, 3.63) is 53.6 Å². The Balaban J connectivity index is 1.64. The van der Waals surface area contributed by atoms with Gasteiger partial charge in [0.15, 0.2) is 23.3 Å². The number of nitrogens with one attached hydrogen (secondary N) is 1. The van der Waals surface area contributed by atoms with Crippen LogP contribution in [0.4, 0.5) is 5.69 Å². The van der Waals surface area contributed by atoms with Gasteiger partial charge >= 0.3 is 0 Å². The van der Waals surface area contributed by atoms with Crippen LogP contribution in [0.15, 0.2) is 48.0 Å². The van der Waals surface area contributed by atoms with Crippen molar-refractivity contribution in [3.8, 4) is 17.2 Å². The lowest BCUT2D eigenvalue weighted by atomic mass is 10.3. The Morgan fingerprint density at radius 2 is 1.97 bits per heavy atom. The van der Waals surface area contributed by atoms with Gasteiger partial charge in [0.05, 0.1) is 31.8 Å². The van der Waals surface area contributed by atoms with Crippen LogP contribution in [0.1, 0.15) is 5.69 Å². The van der Waals surface area contributed by atoms with Crippen molar-refractivity contribution in [1.29, 1.82) is 0 Å². The summed E-state index contributed by atoms with van der Waals surface area (Å²) < 4.78 is 18.1. The van der Waals surface area contributed by atoms with Crippen molar-refractivity contribution >= 4 is 35.0 Å². The molecule has 0 spiro atoms. The standard InChI is InChI=1S/C20H21ClN4O4S/c1-25-7-6-22-20(25)30-12-14-9-17(18(28-3)10-23-14)29-11-19(26)24-15-8-13(21)4-5-16(15)27-2/h4-10H,11-12H2,1-3H3,(H,24,26). The molecule has 30 heavy (non-hydrogen) atoms. The molecule has 1 amide bonds. The van der Waals surface area contributed by atoms with Crippen LogP contribution in [0, 0.1) is 0 Å². The highest BCUT2D eigenvalue weighted by Crippen LogP contribution is 2.30. The summed E-state index contributed by atoms with van der Waals surface area (Å²) in [7, 11) is 4.96. The van der Waals surface area contributed by atoms with Gasteiger partial charge in [-0.3, -0.25) is 9.78 Å². The van der Waals surface area contributed by atoms with E-state index in [1.807, 2.05) is 17.8 Å². The number of carbonyl (C=O) groups excluding carboxylic acids is 1. The molecule has 0 aliphatic heterocycles. The maximum Gasteiger partial charge on any atom is 0.262 e. The Labute approximate surface area is 183 Å². The minimum absolute atomic E-state index is 0.220. The number of pyridine rings is 1. The number of halogens is 1. The van der Waals surface area contributed by atoms with Crippen molar-refractivity contribution in [2.24, 2.45) is 7.05 Å². The second kappa shape index (κ2) is 10.2. The molecule has 2 heterocycles. The second-order valence-corrected chi connectivity index (χ2v) is 7.50. The fourth-order valence-electron chi connectivity index (χ4n) is 2.55. The van der Waals surface area contributed by atoms with Gasteiger partial charge in [0.1, 0.15) is 5.75 Å². The largest absolute Gasteiger partial charge is 0.495 e. The lowest BCUT2D eigenvalue weighted by Crippen LogP contribution is -2.20. The smallest absolute Gasteiger partial charge is 0.262 e. The Kier molecular flexibility index (Phi) is 7.42. The SMILES string of the molecule is COc1ccc(Cl)cc1NC(=O)COc1cc(CSc2nccn2C)ncc1OC. The fraction of sp³-hybridized carbons (Fsp3) is 0.250. The molecule has 2 aromatic heterocycles. The van der Waals surface area contributed by atoms with Crippen LogP contribution < -0.4 is 19.5 Å². The average molecular weight is 449 g/mol. The molecule has 10 heteroatoms. The van der Waals surface area contributed by atoms with E-state index in [4.69, 9.17) is 25.8 Å². The summed E-state index contributed by atoms with van der Waals surface area (Å²) in [5, 5.41) is 4.09. The molecule has 3 rings (SSSR count). The van der Waals surface area contributed by atoms with E-state index >= 15 is 0 Å². The molecule has 0 unspecified atom stereocenters. The first-order chi connectivity index (χ1) is 14.5. The maximum atomic E-state index is 12.4. The summed E-state index contributed by atoms with van der Waals surface area (Å²) in [5.41, 5.74) is 1.24. The zero-order chi connectivity index (χ0) is 21.5. The molecular formula is C20H21ClN4O4S. The first kappa shape index (κ1) is 21.8. The quantitative estimate of drug-likeness (QED) is 0.498. The van der Waals surface area contributed by atoms with Crippen LogP contribution in [0.3, 0.4) is 0 Å². The number of hydrogen-bond donors (Lipinski definition) is 1. The Morgan fingerprint density at radius 1 is 1.17 bits per heavy atom. The molecule has 0 atom stereocenters. The number of aryl methyl sites for hydroxylation is 1. The minimum Gasteiger partial charge on any atom is -0.495 e. The minimum atomic E-state index is -0.363. The molecule has 0 saturated carbocycles. The third-order valence-electron chi connectivity index (χ3n) is 4.03. The average Bonchev–Trinajstić information content (AvgIpc) is 3.15. The number of anilines is 1. The third kappa shape index (κ3) is 5.58. The van der Waals surface area contributed by atoms with Crippen LogP contribution in [0.25, 0.3) is 0 Å². The molecule has 0 saturated heterocycles. The van der Waals surface area contributed by atoms with Crippen molar-refractivity contribution < 1.29 is 19.0 Å². The molecular weight excluding hydrogens is 428 g/mol. The number of imidazole rings is 1. The summed E-state index contributed by atoms with van der Waals surface area (Å²) in [6, 6.07) is 6.72. The summed E-state index contributed by atoms with van der Waals surface area (Å²) in [5.74, 6) is 1.60. The van der Waals surface area contributed by atoms with Gasteiger partial charge in [-0.2, -0.15) is 0 Å². The van der Waals surface area contributed by atoms with Crippen LogP contribution >= 0.6 is 23.4 Å². The van der Waals surface area contributed by atoms with Gasteiger partial charge in [-0.25, -0.2) is 4.98 Å². The monoisotopic (exact) mass is 448 g/mol. The van der Waals surface area contributed by atoms with Crippen molar-refractivity contribution in [2.75, 3.05) is 26.1 Å². The number of nitrogens with zero attached hydrogens (tertiary/aromatic N) is 3. The number of amides is 1. The first-order valence-corrected chi connectivity index (χ1v) is 10.3. The summed E-state index contributed by atoms with van der Waals surface area (Å²) in [6.07, 6.45) is 5.19. The molecule has 0 bridgehead atoms. The van der Waals surface area contributed by atoms with Gasteiger partial charge in [-0.05, 0) is 18.2 Å². The van der Waals surface area contributed by atoms with E-state index in [-0.39, 0.29) is 12.5 Å². The van der Waals surface area contributed by atoms with E-state index in [9.17, 15) is 4.79 Å². The molecule has 1 N–H and O–H groups in total. The van der Waals surface area contributed by atoms with E-state index in [0.29, 0.717) is 33.7 Å². The highest BCUT2D eigenvalue weighted by molar-refractivity contribution is 7.98. The molecule has 158 valence electrons. The summed E-state index contributed by atoms with van der Waals surface area (Å²) >= 11 is 7.54. The molecule has 8 nitrogen and oxygen atoms in total. The zero-order valence-corrected chi connectivity index (χ0v) is 18.3. The second-order valence-electron chi connectivity index (χ2n) is 6.12. The van der Waals surface area contributed by atoms with Gasteiger partial charge in [0.2, 0.25) is 0 Å². The fourth-order valence-corrected chi connectivity index (χ4v) is 3.55. The first-order valence-electron chi connectivity index (χ1n) is 8.89. The van der Waals surface area contributed by atoms with E-state index in [0.717, 1.165) is 10.9 Å². The van der Waals surface area contributed by atoms with E-state index in [1.54, 1.807) is 48.4 Å². The Hall–Kier alpha value is -2.91. The van der Waals surface area contributed by atoms with Crippen LogP contribution in [0.5, 0.6) is 17.2 Å². The molecule has 0 radical (unpaired) electrons. The maximum absolute atomic E-state index is 12.4. The highest BCUT2D eigenvalue weighted by Gasteiger charge is 2.13. The van der Waals surface area contributed by atoms with E-state index < -0.39 is 0 Å². The molecule has 3 aromatic rings. The number of methoxy groups -OCH3 is 2. The summed E-state index contributed by atoms with van der Waals surface area (Å²) in [4.78, 5) is 21.0. The number of benzene rings is 1. The number of rotatable bonds is 9. The Bertz CT molecular complexity index is 1030. The molecule has 1 aromatic carbocycles. The lowest BCUT2D eigenvalue weighted by Gasteiger charge is -2.13. The predicted octanol–water partition coefficient (Wildman–Crippen LogP) is 3.80. The zero-order valence-electron chi connectivity index (χ0n) is 16.7. The normalized spacial score (nSPS) is 10.5. The van der Waals surface area contributed by atoms with Crippen molar-refractivity contribution in [3.63, 3.8) is 0 Å². The predicted molar refractivity (Wildman–Crippen MR) is 116 cm³/mol. The van der Waals surface area contributed by atoms with E-state index in [2.05, 4.69) is 15.3 Å². The number of carbonyl (C=O) groups is 1. The lowest BCUT2D eigenvalue weighted by molar-refractivity contribution is -0.118. The third-order valence-corrected chi connectivity index (χ3v) is 5.36. The van der Waals surface area contributed by atoms with Gasteiger partial charge < -0.3 is 24.1 Å². The van der Waals surface area contributed by atoms with Gasteiger partial charge in [-0.15, -0.1) is 0 Å². The van der Waals surface area contributed by atoms with Crippen LogP contribution in [-0.4, -0.2) is 41.3 Å².